The molecule has 0 aromatic carbocycles. The van der Waals surface area contributed by atoms with Gasteiger partial charge in [0.2, 0.25) is 0 Å². The second-order valence-corrected chi connectivity index (χ2v) is 3.82. The van der Waals surface area contributed by atoms with Crippen molar-refractivity contribution >= 4 is 17.7 Å². The van der Waals surface area contributed by atoms with Crippen LogP contribution in [0.2, 0.25) is 0 Å². The summed E-state index contributed by atoms with van der Waals surface area (Å²) < 4.78 is -0.469. The van der Waals surface area contributed by atoms with Gasteiger partial charge in [0.05, 0.1) is 13.6 Å². The molecule has 1 saturated heterocycles. The van der Waals surface area contributed by atoms with Crippen molar-refractivity contribution in [2.24, 2.45) is 0 Å². The van der Waals surface area contributed by atoms with Crippen LogP contribution in [0.25, 0.3) is 0 Å². The number of amides is 3. The average Bonchev–Trinajstić information content (AvgIpc) is 2.36. The SMILES string of the molecule is C=CC(=O)N1CNC[N+](C(C)=O)(C(=O)C=C)C1. The smallest absolute Gasteiger partial charge is 0.278 e. The molecule has 1 rings (SSSR count). The highest BCUT2D eigenvalue weighted by atomic mass is 16.2. The Hall–Kier alpha value is -1.79. The van der Waals surface area contributed by atoms with Gasteiger partial charge >= 0.3 is 11.8 Å². The number of nitrogens with one attached hydrogen (secondary N) is 1. The van der Waals surface area contributed by atoms with Gasteiger partial charge in [-0.1, -0.05) is 13.2 Å². The van der Waals surface area contributed by atoms with E-state index in [9.17, 15) is 14.4 Å². The molecule has 0 saturated carbocycles. The first-order chi connectivity index (χ1) is 7.97. The molecule has 0 aliphatic carbocycles. The van der Waals surface area contributed by atoms with E-state index in [1.165, 1.54) is 11.8 Å². The molecule has 1 heterocycles. The molecule has 0 spiro atoms. The van der Waals surface area contributed by atoms with Crippen molar-refractivity contribution in [3.63, 3.8) is 0 Å². The van der Waals surface area contributed by atoms with E-state index in [0.717, 1.165) is 12.2 Å². The fraction of sp³-hybridized carbons (Fsp3) is 0.364. The van der Waals surface area contributed by atoms with Gasteiger partial charge in [0.25, 0.3) is 5.91 Å². The Morgan fingerprint density at radius 3 is 2.41 bits per heavy atom. The van der Waals surface area contributed by atoms with Gasteiger partial charge in [-0.3, -0.25) is 15.0 Å². The van der Waals surface area contributed by atoms with E-state index >= 15 is 0 Å². The van der Waals surface area contributed by atoms with Crippen molar-refractivity contribution in [1.82, 2.24) is 10.2 Å². The summed E-state index contributed by atoms with van der Waals surface area (Å²) in [5.41, 5.74) is 0. The summed E-state index contributed by atoms with van der Waals surface area (Å²) in [5, 5.41) is 2.88. The third-order valence-corrected chi connectivity index (χ3v) is 2.78. The lowest BCUT2D eigenvalue weighted by Crippen LogP contribution is -2.69. The minimum atomic E-state index is -0.469. The molecule has 0 bridgehead atoms. The first kappa shape index (κ1) is 13.3. The van der Waals surface area contributed by atoms with Crippen LogP contribution in [0.15, 0.2) is 25.3 Å². The molecule has 0 aromatic heterocycles. The zero-order valence-electron chi connectivity index (χ0n) is 9.81. The van der Waals surface area contributed by atoms with Crippen LogP contribution in [0.5, 0.6) is 0 Å². The summed E-state index contributed by atoms with van der Waals surface area (Å²) in [6.45, 7) is 8.56. The van der Waals surface area contributed by atoms with Crippen LogP contribution >= 0.6 is 0 Å². The van der Waals surface area contributed by atoms with Gasteiger partial charge in [-0.05, 0) is 6.08 Å². The number of hydrogen-bond donors (Lipinski definition) is 1. The maximum atomic E-state index is 11.8. The first-order valence-electron chi connectivity index (χ1n) is 5.15. The molecular formula is C11H16N3O3+. The molecule has 1 aliphatic rings. The second-order valence-electron chi connectivity index (χ2n) is 3.82. The molecule has 1 aliphatic heterocycles. The van der Waals surface area contributed by atoms with Crippen molar-refractivity contribution < 1.29 is 18.9 Å². The molecule has 1 fully saturated rings. The van der Waals surface area contributed by atoms with Crippen LogP contribution < -0.4 is 5.32 Å². The van der Waals surface area contributed by atoms with E-state index < -0.39 is 10.4 Å². The number of quaternary nitrogens is 1. The lowest BCUT2D eigenvalue weighted by molar-refractivity contribution is -0.796. The second kappa shape index (κ2) is 5.03. The summed E-state index contributed by atoms with van der Waals surface area (Å²) in [7, 11) is 0. The lowest BCUT2D eigenvalue weighted by atomic mass is 10.3. The van der Waals surface area contributed by atoms with Gasteiger partial charge in [-0.15, -0.1) is 0 Å². The van der Waals surface area contributed by atoms with Crippen LogP contribution in [0.4, 0.5) is 0 Å². The lowest BCUT2D eigenvalue weighted by Gasteiger charge is -2.40. The molecule has 17 heavy (non-hydrogen) atoms. The molecule has 92 valence electrons. The van der Waals surface area contributed by atoms with Gasteiger partial charge in [0.15, 0.2) is 6.67 Å². The van der Waals surface area contributed by atoms with Gasteiger partial charge in [-0.2, -0.15) is 4.48 Å². The van der Waals surface area contributed by atoms with Gasteiger partial charge < -0.3 is 0 Å². The van der Waals surface area contributed by atoms with Crippen molar-refractivity contribution in [1.29, 1.82) is 0 Å². The van der Waals surface area contributed by atoms with Crippen molar-refractivity contribution in [2.45, 2.75) is 6.92 Å². The molecule has 6 heteroatoms. The fourth-order valence-corrected chi connectivity index (χ4v) is 1.73. The van der Waals surface area contributed by atoms with E-state index in [2.05, 4.69) is 18.5 Å². The topological polar surface area (TPSA) is 66.5 Å². The Labute approximate surface area is 99.8 Å². The largest absolute Gasteiger partial charge is 0.347 e. The third kappa shape index (κ3) is 2.32. The maximum Gasteiger partial charge on any atom is 0.347 e. The van der Waals surface area contributed by atoms with Crippen molar-refractivity contribution in [3.05, 3.63) is 25.3 Å². The van der Waals surface area contributed by atoms with E-state index in [-0.39, 0.29) is 25.2 Å². The molecule has 0 aromatic rings. The summed E-state index contributed by atoms with van der Waals surface area (Å²) in [4.78, 5) is 36.4. The minimum Gasteiger partial charge on any atom is -0.278 e. The molecular weight excluding hydrogens is 222 g/mol. The first-order valence-corrected chi connectivity index (χ1v) is 5.15. The number of carbonyl (C=O) groups is 3. The number of nitrogens with zero attached hydrogens (tertiary/aromatic N) is 2. The third-order valence-electron chi connectivity index (χ3n) is 2.78. The highest BCUT2D eigenvalue weighted by Gasteiger charge is 2.45. The van der Waals surface area contributed by atoms with Gasteiger partial charge in [0, 0.05) is 6.08 Å². The van der Waals surface area contributed by atoms with Crippen molar-refractivity contribution in [3.8, 4) is 0 Å². The normalized spacial score (nSPS) is 23.9. The quantitative estimate of drug-likeness (QED) is 0.523. The standard InChI is InChI=1S/C11H16N3O3/c1-4-10(16)13-6-12-7-14(8-13,9(3)15)11(17)5-2/h4-5,12H,1-2,6-8H2,3H3/q+1. The van der Waals surface area contributed by atoms with Gasteiger partial charge in [0.1, 0.15) is 6.67 Å². The Morgan fingerprint density at radius 1 is 1.29 bits per heavy atom. The highest BCUT2D eigenvalue weighted by molar-refractivity contribution is 5.91. The maximum absolute atomic E-state index is 11.8. The number of carbonyl (C=O) groups excluding carboxylic acids is 3. The van der Waals surface area contributed by atoms with Crippen LogP contribution in [-0.4, -0.2) is 47.1 Å². The predicted molar refractivity (Wildman–Crippen MR) is 60.9 cm³/mol. The minimum absolute atomic E-state index is 0.0119. The Kier molecular flexibility index (Phi) is 3.93. The monoisotopic (exact) mass is 238 g/mol. The zero-order valence-corrected chi connectivity index (χ0v) is 9.81. The molecule has 1 N–H and O–H groups in total. The number of rotatable bonds is 2. The average molecular weight is 238 g/mol. The molecule has 3 amide bonds. The zero-order chi connectivity index (χ0) is 13.1. The Balaban J connectivity index is 3.03. The van der Waals surface area contributed by atoms with E-state index in [4.69, 9.17) is 0 Å². The van der Waals surface area contributed by atoms with Crippen LogP contribution in [-0.2, 0) is 14.4 Å². The Bertz CT molecular complexity index is 391. The molecule has 1 atom stereocenters. The van der Waals surface area contributed by atoms with Crippen molar-refractivity contribution in [2.75, 3.05) is 20.0 Å². The number of hydrogen-bond acceptors (Lipinski definition) is 4. The predicted octanol–water partition coefficient (Wildman–Crippen LogP) is -0.447. The van der Waals surface area contributed by atoms with Crippen LogP contribution in [0.1, 0.15) is 6.92 Å². The van der Waals surface area contributed by atoms with Gasteiger partial charge in [-0.25, -0.2) is 9.59 Å². The summed E-state index contributed by atoms with van der Waals surface area (Å²) in [6.07, 6.45) is 2.26. The molecule has 1 unspecified atom stereocenters. The van der Waals surface area contributed by atoms with E-state index in [1.807, 2.05) is 0 Å². The molecule has 6 nitrogen and oxygen atoms in total. The number of imide groups is 1. The summed E-state index contributed by atoms with van der Waals surface area (Å²) in [5.74, 6) is -1.08. The summed E-state index contributed by atoms with van der Waals surface area (Å²) in [6, 6.07) is 0. The van der Waals surface area contributed by atoms with E-state index in [0.29, 0.717) is 6.67 Å². The van der Waals surface area contributed by atoms with E-state index in [1.54, 1.807) is 0 Å². The molecule has 0 radical (unpaired) electrons. The fourth-order valence-electron chi connectivity index (χ4n) is 1.73. The van der Waals surface area contributed by atoms with Crippen LogP contribution in [0, 0.1) is 0 Å². The summed E-state index contributed by atoms with van der Waals surface area (Å²) >= 11 is 0. The Morgan fingerprint density at radius 2 is 1.94 bits per heavy atom. The highest BCUT2D eigenvalue weighted by Crippen LogP contribution is 2.14. The van der Waals surface area contributed by atoms with Crippen LogP contribution in [0.3, 0.4) is 0 Å².